The lowest BCUT2D eigenvalue weighted by atomic mass is 10.1. The highest BCUT2D eigenvalue weighted by Gasteiger charge is 2.25. The van der Waals surface area contributed by atoms with Crippen LogP contribution in [0.25, 0.3) is 0 Å². The quantitative estimate of drug-likeness (QED) is 0.233. The number of likely N-dealkylation sites (N-methyl/N-ethyl adjacent to an activating group) is 1. The van der Waals surface area contributed by atoms with E-state index in [9.17, 15) is 0 Å². The van der Waals surface area contributed by atoms with Crippen LogP contribution in [0.2, 0.25) is 0 Å². The summed E-state index contributed by atoms with van der Waals surface area (Å²) >= 11 is 0. The van der Waals surface area contributed by atoms with Crippen LogP contribution in [0.1, 0.15) is 6.42 Å². The van der Waals surface area contributed by atoms with Gasteiger partial charge in [0, 0.05) is 32.1 Å². The lowest BCUT2D eigenvalue weighted by Gasteiger charge is -2.28. The first kappa shape index (κ1) is 13.8. The van der Waals surface area contributed by atoms with E-state index in [1.54, 1.807) is 19.0 Å². The van der Waals surface area contributed by atoms with Crippen molar-refractivity contribution >= 4 is 0 Å². The van der Waals surface area contributed by atoms with Crippen molar-refractivity contribution in [3.05, 3.63) is 0 Å². The van der Waals surface area contributed by atoms with E-state index in [-0.39, 0.29) is 12.5 Å². The van der Waals surface area contributed by atoms with Gasteiger partial charge in [0.15, 0.2) is 0 Å². The Bertz CT molecular complexity index is 147. The summed E-state index contributed by atoms with van der Waals surface area (Å²) < 4.78 is 0. The minimum atomic E-state index is -2.61. The van der Waals surface area contributed by atoms with Crippen molar-refractivity contribution < 1.29 is 15.3 Å². The third-order valence-electron chi connectivity index (χ3n) is 1.94. The smallest absolute Gasteiger partial charge is 0.276 e. The molecule has 6 N–H and O–H groups in total. The van der Waals surface area contributed by atoms with Gasteiger partial charge in [0.2, 0.25) is 0 Å². The van der Waals surface area contributed by atoms with Crippen molar-refractivity contribution in [3.8, 4) is 0 Å². The van der Waals surface area contributed by atoms with E-state index in [2.05, 4.69) is 5.32 Å². The molecule has 0 spiro atoms. The number of nitrogens with zero attached hydrogens (tertiary/aromatic N) is 1. The summed E-state index contributed by atoms with van der Waals surface area (Å²) in [5.74, 6) is -2.61. The van der Waals surface area contributed by atoms with E-state index in [1.807, 2.05) is 0 Å². The van der Waals surface area contributed by atoms with E-state index in [1.165, 1.54) is 0 Å². The van der Waals surface area contributed by atoms with E-state index in [4.69, 9.17) is 21.1 Å². The van der Waals surface area contributed by atoms with Crippen LogP contribution in [0, 0.1) is 0 Å². The molecular weight excluding hydrogens is 186 g/mol. The molecule has 0 heterocycles. The van der Waals surface area contributed by atoms with Gasteiger partial charge in [-0.25, -0.2) is 0 Å². The summed E-state index contributed by atoms with van der Waals surface area (Å²) in [5, 5.41) is 29.5. The molecule has 6 nitrogen and oxygen atoms in total. The molecule has 0 aromatic heterocycles. The maximum absolute atomic E-state index is 8.83. The standard InChI is InChI=1S/C8H21N3O3/c1-11(2)7(5-8(12,13)14)6-10-4-3-9/h7,10,12-14H,3-6,9H2,1-2H3. The third kappa shape index (κ3) is 7.19. The lowest BCUT2D eigenvalue weighted by Crippen LogP contribution is -2.45. The summed E-state index contributed by atoms with van der Waals surface area (Å²) in [7, 11) is 3.61. The summed E-state index contributed by atoms with van der Waals surface area (Å²) in [6, 6.07) is -0.151. The van der Waals surface area contributed by atoms with Crippen molar-refractivity contribution in [2.75, 3.05) is 33.7 Å². The minimum Gasteiger partial charge on any atom is -0.344 e. The van der Waals surface area contributed by atoms with Gasteiger partial charge in [-0.2, -0.15) is 0 Å². The SMILES string of the molecule is CN(C)C(CNCCN)CC(O)(O)O. The molecule has 1 unspecified atom stereocenters. The number of rotatable bonds is 7. The number of nitrogens with two attached hydrogens (primary N) is 1. The van der Waals surface area contributed by atoms with Crippen molar-refractivity contribution in [2.24, 2.45) is 5.73 Å². The second-order valence-electron chi connectivity index (χ2n) is 3.59. The third-order valence-corrected chi connectivity index (χ3v) is 1.94. The van der Waals surface area contributed by atoms with Gasteiger partial charge in [-0.3, -0.25) is 0 Å². The summed E-state index contributed by atoms with van der Waals surface area (Å²) in [4.78, 5) is 1.81. The largest absolute Gasteiger partial charge is 0.344 e. The molecule has 14 heavy (non-hydrogen) atoms. The van der Waals surface area contributed by atoms with Gasteiger partial charge in [-0.05, 0) is 14.1 Å². The lowest BCUT2D eigenvalue weighted by molar-refractivity contribution is -0.319. The molecule has 0 aliphatic carbocycles. The molecule has 0 radical (unpaired) electrons. The summed E-state index contributed by atoms with van der Waals surface area (Å²) in [6.45, 7) is 1.75. The van der Waals surface area contributed by atoms with E-state index in [0.29, 0.717) is 19.6 Å². The summed E-state index contributed by atoms with van der Waals surface area (Å²) in [5.41, 5.74) is 5.29. The zero-order valence-corrected chi connectivity index (χ0v) is 8.77. The number of nitrogens with one attached hydrogen (secondary N) is 1. The second-order valence-corrected chi connectivity index (χ2v) is 3.59. The Morgan fingerprint density at radius 2 is 1.93 bits per heavy atom. The van der Waals surface area contributed by atoms with Crippen LogP contribution < -0.4 is 11.1 Å². The van der Waals surface area contributed by atoms with Gasteiger partial charge in [-0.1, -0.05) is 0 Å². The molecule has 0 fully saturated rings. The molecule has 0 aliphatic rings. The number of aliphatic hydroxyl groups is 3. The first-order valence-electron chi connectivity index (χ1n) is 4.61. The fraction of sp³-hybridized carbons (Fsp3) is 1.00. The average Bonchev–Trinajstić information content (AvgIpc) is 2.00. The van der Waals surface area contributed by atoms with Crippen LogP contribution in [0.15, 0.2) is 0 Å². The fourth-order valence-corrected chi connectivity index (χ4v) is 1.12. The zero-order valence-electron chi connectivity index (χ0n) is 8.77. The van der Waals surface area contributed by atoms with Gasteiger partial charge in [0.1, 0.15) is 0 Å². The topological polar surface area (TPSA) is 102 Å². The van der Waals surface area contributed by atoms with Crippen LogP contribution in [-0.4, -0.2) is 66.0 Å². The Morgan fingerprint density at radius 3 is 2.29 bits per heavy atom. The molecule has 86 valence electrons. The van der Waals surface area contributed by atoms with Gasteiger partial charge in [0.05, 0.1) is 0 Å². The van der Waals surface area contributed by atoms with Crippen molar-refractivity contribution in [1.82, 2.24) is 10.2 Å². The molecule has 0 amide bonds. The molecule has 6 heteroatoms. The van der Waals surface area contributed by atoms with Crippen LogP contribution in [-0.2, 0) is 0 Å². The maximum Gasteiger partial charge on any atom is 0.276 e. The molecule has 0 aromatic carbocycles. The monoisotopic (exact) mass is 207 g/mol. The van der Waals surface area contributed by atoms with Gasteiger partial charge < -0.3 is 31.3 Å². The van der Waals surface area contributed by atoms with Gasteiger partial charge >= 0.3 is 0 Å². The predicted molar refractivity (Wildman–Crippen MR) is 53.4 cm³/mol. The fourth-order valence-electron chi connectivity index (χ4n) is 1.12. The Morgan fingerprint density at radius 1 is 1.36 bits per heavy atom. The molecule has 0 aliphatic heterocycles. The maximum atomic E-state index is 8.83. The van der Waals surface area contributed by atoms with Crippen LogP contribution in [0.5, 0.6) is 0 Å². The Balaban J connectivity index is 3.91. The van der Waals surface area contributed by atoms with E-state index in [0.717, 1.165) is 0 Å². The molecule has 0 bridgehead atoms. The number of hydrogen-bond acceptors (Lipinski definition) is 6. The van der Waals surface area contributed by atoms with E-state index >= 15 is 0 Å². The molecule has 1 atom stereocenters. The average molecular weight is 207 g/mol. The predicted octanol–water partition coefficient (Wildman–Crippen LogP) is -2.51. The highest BCUT2D eigenvalue weighted by molar-refractivity contribution is 4.72. The van der Waals surface area contributed by atoms with Gasteiger partial charge in [0.25, 0.3) is 5.97 Å². The molecule has 0 rings (SSSR count). The highest BCUT2D eigenvalue weighted by atomic mass is 16.7. The van der Waals surface area contributed by atoms with Crippen LogP contribution >= 0.6 is 0 Å². The Labute approximate surface area is 84.3 Å². The Hall–Kier alpha value is -0.240. The first-order valence-corrected chi connectivity index (χ1v) is 4.61. The minimum absolute atomic E-state index is 0.127. The second kappa shape index (κ2) is 6.28. The normalized spacial score (nSPS) is 14.8. The molecule has 0 saturated carbocycles. The molecule has 0 aromatic rings. The van der Waals surface area contributed by atoms with Crippen molar-refractivity contribution in [1.29, 1.82) is 0 Å². The molecule has 0 saturated heterocycles. The van der Waals surface area contributed by atoms with Crippen LogP contribution in [0.3, 0.4) is 0 Å². The zero-order chi connectivity index (χ0) is 11.2. The van der Waals surface area contributed by atoms with E-state index < -0.39 is 5.97 Å². The summed E-state index contributed by atoms with van der Waals surface area (Å²) in [6.07, 6.45) is -0.127. The Kier molecular flexibility index (Phi) is 6.17. The van der Waals surface area contributed by atoms with Crippen molar-refractivity contribution in [2.45, 2.75) is 18.4 Å². The highest BCUT2D eigenvalue weighted by Crippen LogP contribution is 2.08. The first-order chi connectivity index (χ1) is 6.37. The van der Waals surface area contributed by atoms with Crippen LogP contribution in [0.4, 0.5) is 0 Å². The van der Waals surface area contributed by atoms with Gasteiger partial charge in [-0.15, -0.1) is 0 Å². The molecular formula is C8H21N3O3. The van der Waals surface area contributed by atoms with Crippen molar-refractivity contribution in [3.63, 3.8) is 0 Å². The number of hydrogen-bond donors (Lipinski definition) is 5.